The fourth-order valence-corrected chi connectivity index (χ4v) is 4.19. The van der Waals surface area contributed by atoms with E-state index in [0.717, 1.165) is 50.2 Å². The highest BCUT2D eigenvalue weighted by Crippen LogP contribution is 2.27. The van der Waals surface area contributed by atoms with Crippen LogP contribution in [0.5, 0.6) is 5.75 Å². The Balaban J connectivity index is 1.75. The summed E-state index contributed by atoms with van der Waals surface area (Å²) < 4.78 is 5.36. The lowest BCUT2D eigenvalue weighted by Gasteiger charge is -2.35. The van der Waals surface area contributed by atoms with Crippen LogP contribution in [0.25, 0.3) is 0 Å². The van der Waals surface area contributed by atoms with Gasteiger partial charge in [0.15, 0.2) is 0 Å². The van der Waals surface area contributed by atoms with Gasteiger partial charge in [-0.25, -0.2) is 4.98 Å². The van der Waals surface area contributed by atoms with E-state index < -0.39 is 0 Å². The third-order valence-corrected chi connectivity index (χ3v) is 5.66. The van der Waals surface area contributed by atoms with Gasteiger partial charge in [-0.2, -0.15) is 0 Å². The van der Waals surface area contributed by atoms with Gasteiger partial charge < -0.3 is 9.84 Å². The quantitative estimate of drug-likeness (QED) is 0.865. The first-order valence-corrected chi connectivity index (χ1v) is 9.48. The first-order chi connectivity index (χ1) is 11.6. The molecule has 130 valence electrons. The summed E-state index contributed by atoms with van der Waals surface area (Å²) >= 11 is 1.73. The molecule has 0 saturated heterocycles. The van der Waals surface area contributed by atoms with Crippen LogP contribution in [-0.4, -0.2) is 34.2 Å². The summed E-state index contributed by atoms with van der Waals surface area (Å²) in [4.78, 5) is 7.15. The molecular formula is C19H26N2O2S. The molecular weight excluding hydrogens is 320 g/mol. The number of aromatic nitrogens is 1. The van der Waals surface area contributed by atoms with Gasteiger partial charge in [-0.3, -0.25) is 4.90 Å². The smallest absolute Gasteiger partial charge is 0.119 e. The number of rotatable bonds is 6. The minimum Gasteiger partial charge on any atom is -0.497 e. The lowest BCUT2D eigenvalue weighted by atomic mass is 9.91. The van der Waals surface area contributed by atoms with Gasteiger partial charge in [0.25, 0.3) is 0 Å². The zero-order chi connectivity index (χ0) is 16.9. The van der Waals surface area contributed by atoms with Crippen LogP contribution in [0.3, 0.4) is 0 Å². The molecule has 1 aliphatic carbocycles. The second kappa shape index (κ2) is 8.10. The van der Waals surface area contributed by atoms with Crippen molar-refractivity contribution < 1.29 is 9.84 Å². The Morgan fingerprint density at radius 1 is 1.25 bits per heavy atom. The van der Waals surface area contributed by atoms with E-state index in [0.29, 0.717) is 6.04 Å². The molecule has 0 aliphatic heterocycles. The zero-order valence-corrected chi connectivity index (χ0v) is 15.3. The average molecular weight is 346 g/mol. The molecule has 24 heavy (non-hydrogen) atoms. The summed E-state index contributed by atoms with van der Waals surface area (Å²) in [5.41, 5.74) is 2.35. The Hall–Kier alpha value is -1.43. The molecule has 0 atom stereocenters. The number of aryl methyl sites for hydroxylation is 1. The van der Waals surface area contributed by atoms with Crippen LogP contribution < -0.4 is 4.74 Å². The van der Waals surface area contributed by atoms with Gasteiger partial charge in [0.2, 0.25) is 0 Å². The third kappa shape index (κ3) is 4.56. The van der Waals surface area contributed by atoms with Crippen molar-refractivity contribution in [1.29, 1.82) is 0 Å². The highest BCUT2D eigenvalue weighted by molar-refractivity contribution is 7.09. The van der Waals surface area contributed by atoms with E-state index in [-0.39, 0.29) is 6.10 Å². The molecule has 4 nitrogen and oxygen atoms in total. The van der Waals surface area contributed by atoms with Crippen molar-refractivity contribution in [2.45, 2.75) is 57.8 Å². The highest BCUT2D eigenvalue weighted by atomic mass is 32.1. The van der Waals surface area contributed by atoms with Crippen LogP contribution in [0.2, 0.25) is 0 Å². The maximum atomic E-state index is 9.81. The number of thiazole rings is 1. The molecule has 1 saturated carbocycles. The molecule has 1 aromatic heterocycles. The van der Waals surface area contributed by atoms with E-state index in [1.165, 1.54) is 10.6 Å². The first-order valence-electron chi connectivity index (χ1n) is 8.60. The molecule has 0 amide bonds. The highest BCUT2D eigenvalue weighted by Gasteiger charge is 2.25. The predicted molar refractivity (Wildman–Crippen MR) is 97.4 cm³/mol. The summed E-state index contributed by atoms with van der Waals surface area (Å²) in [6.45, 7) is 3.80. The molecule has 2 aromatic rings. The van der Waals surface area contributed by atoms with Gasteiger partial charge in [0, 0.05) is 23.7 Å². The Morgan fingerprint density at radius 2 is 2.04 bits per heavy atom. The van der Waals surface area contributed by atoms with E-state index in [4.69, 9.17) is 4.74 Å². The first kappa shape index (κ1) is 17.4. The number of aliphatic hydroxyl groups is 1. The molecule has 0 unspecified atom stereocenters. The molecule has 0 bridgehead atoms. The molecule has 1 aliphatic rings. The largest absolute Gasteiger partial charge is 0.497 e. The number of hydrogen-bond donors (Lipinski definition) is 1. The monoisotopic (exact) mass is 346 g/mol. The Labute approximate surface area is 148 Å². The van der Waals surface area contributed by atoms with Crippen LogP contribution in [0, 0.1) is 6.92 Å². The van der Waals surface area contributed by atoms with Gasteiger partial charge in [-0.15, -0.1) is 11.3 Å². The Kier molecular flexibility index (Phi) is 5.87. The summed E-state index contributed by atoms with van der Waals surface area (Å²) in [7, 11) is 1.71. The fourth-order valence-electron chi connectivity index (χ4n) is 3.39. The fraction of sp³-hybridized carbons (Fsp3) is 0.526. The van der Waals surface area contributed by atoms with Crippen LogP contribution in [0.4, 0.5) is 0 Å². The van der Waals surface area contributed by atoms with Crippen molar-refractivity contribution in [3.05, 3.63) is 45.9 Å². The maximum Gasteiger partial charge on any atom is 0.119 e. The second-order valence-corrected chi connectivity index (χ2v) is 7.54. The summed E-state index contributed by atoms with van der Waals surface area (Å²) in [5, 5.41) is 13.1. The standard InChI is InChI=1S/C19H26N2O2S/c1-14-13-24-19(20-14)12-21(16-6-8-17(22)9-7-16)11-15-4-3-5-18(10-15)23-2/h3-5,10,13,16-17,22H,6-9,11-12H2,1-2H3. The number of nitrogens with zero attached hydrogens (tertiary/aromatic N) is 2. The second-order valence-electron chi connectivity index (χ2n) is 6.60. The topological polar surface area (TPSA) is 45.6 Å². The van der Waals surface area contributed by atoms with Crippen LogP contribution in [0.15, 0.2) is 29.6 Å². The number of hydrogen-bond acceptors (Lipinski definition) is 5. The molecule has 1 aromatic carbocycles. The minimum atomic E-state index is -0.123. The van der Waals surface area contributed by atoms with Gasteiger partial charge in [0.05, 0.1) is 19.8 Å². The number of methoxy groups -OCH3 is 1. The minimum absolute atomic E-state index is 0.123. The van der Waals surface area contributed by atoms with Crippen molar-refractivity contribution in [2.24, 2.45) is 0 Å². The van der Waals surface area contributed by atoms with Crippen molar-refractivity contribution in [3.8, 4) is 5.75 Å². The van der Waals surface area contributed by atoms with Gasteiger partial charge in [-0.05, 0) is 50.3 Å². The predicted octanol–water partition coefficient (Wildman–Crippen LogP) is 3.77. The van der Waals surface area contributed by atoms with E-state index in [9.17, 15) is 5.11 Å². The van der Waals surface area contributed by atoms with Crippen LogP contribution in [0.1, 0.15) is 41.9 Å². The third-order valence-electron chi connectivity index (χ3n) is 4.71. The van der Waals surface area contributed by atoms with Gasteiger partial charge in [-0.1, -0.05) is 12.1 Å². The molecule has 1 heterocycles. The number of ether oxygens (including phenoxy) is 1. The van der Waals surface area contributed by atoms with Crippen molar-refractivity contribution >= 4 is 11.3 Å². The van der Waals surface area contributed by atoms with E-state index >= 15 is 0 Å². The lowest BCUT2D eigenvalue weighted by molar-refractivity contribution is 0.0665. The van der Waals surface area contributed by atoms with Crippen LogP contribution >= 0.6 is 11.3 Å². The SMILES string of the molecule is COc1cccc(CN(Cc2nc(C)cs2)C2CCC(O)CC2)c1. The Bertz CT molecular complexity index is 650. The van der Waals surface area contributed by atoms with E-state index in [1.54, 1.807) is 18.4 Å². The van der Waals surface area contributed by atoms with Crippen molar-refractivity contribution in [3.63, 3.8) is 0 Å². The van der Waals surface area contributed by atoms with E-state index in [1.807, 2.05) is 19.1 Å². The summed E-state index contributed by atoms with van der Waals surface area (Å²) in [5.74, 6) is 0.900. The molecule has 3 rings (SSSR count). The zero-order valence-electron chi connectivity index (χ0n) is 14.4. The van der Waals surface area contributed by atoms with Gasteiger partial charge in [0.1, 0.15) is 10.8 Å². The molecule has 0 radical (unpaired) electrons. The van der Waals surface area contributed by atoms with Crippen molar-refractivity contribution in [2.75, 3.05) is 7.11 Å². The molecule has 1 N–H and O–H groups in total. The van der Waals surface area contributed by atoms with E-state index in [2.05, 4.69) is 27.4 Å². The van der Waals surface area contributed by atoms with Gasteiger partial charge >= 0.3 is 0 Å². The Morgan fingerprint density at radius 3 is 2.71 bits per heavy atom. The average Bonchev–Trinajstić information content (AvgIpc) is 3.00. The maximum absolute atomic E-state index is 9.81. The van der Waals surface area contributed by atoms with Crippen LogP contribution in [-0.2, 0) is 13.1 Å². The normalized spacial score (nSPS) is 21.2. The summed E-state index contributed by atoms with van der Waals surface area (Å²) in [6, 6.07) is 8.79. The molecule has 1 fully saturated rings. The summed E-state index contributed by atoms with van der Waals surface area (Å²) in [6.07, 6.45) is 3.78. The molecule has 0 spiro atoms. The lowest BCUT2D eigenvalue weighted by Crippen LogP contribution is -2.38. The van der Waals surface area contributed by atoms with Crippen molar-refractivity contribution in [1.82, 2.24) is 9.88 Å². The molecule has 5 heteroatoms. The number of benzene rings is 1. The number of aliphatic hydroxyl groups excluding tert-OH is 1.